The first kappa shape index (κ1) is 16.5. The first-order chi connectivity index (χ1) is 12.7. The Morgan fingerprint density at radius 1 is 0.423 bits per heavy atom. The van der Waals surface area contributed by atoms with Gasteiger partial charge in [-0.1, -0.05) is 84.9 Å². The van der Waals surface area contributed by atoms with Gasteiger partial charge < -0.3 is 10.2 Å². The molecule has 0 saturated carbocycles. The average molecular weight is 340 g/mol. The number of aliphatic hydroxyl groups excluding tert-OH is 2. The number of hydrogen-bond acceptors (Lipinski definition) is 2. The van der Waals surface area contributed by atoms with Crippen LogP contribution < -0.4 is 0 Å². The van der Waals surface area contributed by atoms with E-state index in [4.69, 9.17) is 0 Å². The molecule has 0 aliphatic rings. The van der Waals surface area contributed by atoms with E-state index in [1.807, 2.05) is 97.1 Å². The van der Waals surface area contributed by atoms with E-state index < -0.39 is 12.2 Å². The van der Waals surface area contributed by atoms with Crippen molar-refractivity contribution >= 4 is 10.8 Å². The Kier molecular flexibility index (Phi) is 4.53. The van der Waals surface area contributed by atoms with Gasteiger partial charge in [-0.25, -0.2) is 0 Å². The normalized spacial score (nSPS) is 13.5. The molecule has 26 heavy (non-hydrogen) atoms. The first-order valence-corrected chi connectivity index (χ1v) is 8.72. The van der Waals surface area contributed by atoms with Gasteiger partial charge in [0.2, 0.25) is 0 Å². The summed E-state index contributed by atoms with van der Waals surface area (Å²) in [5.41, 5.74) is 3.48. The van der Waals surface area contributed by atoms with E-state index in [9.17, 15) is 10.2 Å². The molecule has 0 aliphatic carbocycles. The largest absolute Gasteiger partial charge is 0.384 e. The highest BCUT2D eigenvalue weighted by molar-refractivity contribution is 5.84. The van der Waals surface area contributed by atoms with Gasteiger partial charge in [0.15, 0.2) is 0 Å². The minimum absolute atomic E-state index is 0.643. The van der Waals surface area contributed by atoms with Gasteiger partial charge in [0.25, 0.3) is 0 Å². The highest BCUT2D eigenvalue weighted by Crippen LogP contribution is 2.29. The van der Waals surface area contributed by atoms with E-state index in [1.54, 1.807) is 0 Å². The molecule has 0 spiro atoms. The van der Waals surface area contributed by atoms with Crippen molar-refractivity contribution in [3.8, 4) is 0 Å². The molecule has 2 nitrogen and oxygen atoms in total. The molecular formula is C24H20O2. The van der Waals surface area contributed by atoms with Crippen molar-refractivity contribution in [1.29, 1.82) is 0 Å². The van der Waals surface area contributed by atoms with Crippen LogP contribution in [-0.4, -0.2) is 10.2 Å². The van der Waals surface area contributed by atoms with Gasteiger partial charge in [0.1, 0.15) is 12.2 Å². The number of benzene rings is 4. The van der Waals surface area contributed by atoms with Crippen LogP contribution in [0.1, 0.15) is 34.5 Å². The van der Waals surface area contributed by atoms with E-state index in [-0.39, 0.29) is 0 Å². The molecule has 2 N–H and O–H groups in total. The van der Waals surface area contributed by atoms with Crippen LogP contribution in [0, 0.1) is 0 Å². The zero-order valence-corrected chi connectivity index (χ0v) is 14.3. The highest BCUT2D eigenvalue weighted by atomic mass is 16.3. The van der Waals surface area contributed by atoms with Crippen LogP contribution in [0.3, 0.4) is 0 Å². The molecule has 2 unspecified atom stereocenters. The Balaban J connectivity index is 1.66. The lowest BCUT2D eigenvalue weighted by molar-refractivity contribution is 0.220. The molecule has 2 heteroatoms. The molecule has 0 radical (unpaired) electrons. The van der Waals surface area contributed by atoms with Gasteiger partial charge in [-0.15, -0.1) is 0 Å². The summed E-state index contributed by atoms with van der Waals surface area (Å²) >= 11 is 0. The number of fused-ring (bicyclic) bond motifs is 1. The summed E-state index contributed by atoms with van der Waals surface area (Å²) in [5, 5.41) is 23.3. The molecule has 0 saturated heterocycles. The molecular weight excluding hydrogens is 320 g/mol. The van der Waals surface area contributed by atoms with Crippen molar-refractivity contribution in [3.05, 3.63) is 119 Å². The van der Waals surface area contributed by atoms with Gasteiger partial charge in [0, 0.05) is 0 Å². The highest BCUT2D eigenvalue weighted by Gasteiger charge is 2.13. The van der Waals surface area contributed by atoms with Crippen molar-refractivity contribution in [2.45, 2.75) is 12.2 Å². The standard InChI is InChI=1S/C24H20O2/c25-23(17-7-3-1-4-8-17)21-13-11-20-16-22(14-12-19(20)15-21)24(26)18-9-5-2-6-10-18/h1-16,23-26H. The van der Waals surface area contributed by atoms with Gasteiger partial charge in [-0.05, 0) is 45.2 Å². The Bertz CT molecular complexity index is 925. The van der Waals surface area contributed by atoms with Crippen LogP contribution in [0.5, 0.6) is 0 Å². The molecule has 0 bridgehead atoms. The van der Waals surface area contributed by atoms with Crippen LogP contribution in [0.2, 0.25) is 0 Å². The fourth-order valence-electron chi connectivity index (χ4n) is 3.28. The van der Waals surface area contributed by atoms with E-state index >= 15 is 0 Å². The summed E-state index contributed by atoms with van der Waals surface area (Å²) in [4.78, 5) is 0. The lowest BCUT2D eigenvalue weighted by Gasteiger charge is -2.14. The second-order valence-electron chi connectivity index (χ2n) is 6.49. The van der Waals surface area contributed by atoms with Crippen molar-refractivity contribution < 1.29 is 10.2 Å². The molecule has 4 aromatic carbocycles. The maximum absolute atomic E-state index is 10.6. The van der Waals surface area contributed by atoms with Crippen LogP contribution in [0.15, 0.2) is 97.1 Å². The molecule has 128 valence electrons. The van der Waals surface area contributed by atoms with E-state index in [0.29, 0.717) is 0 Å². The van der Waals surface area contributed by atoms with Crippen LogP contribution in [0.4, 0.5) is 0 Å². The summed E-state index contributed by atoms with van der Waals surface area (Å²) in [7, 11) is 0. The Morgan fingerprint density at radius 2 is 0.808 bits per heavy atom. The SMILES string of the molecule is OC(c1ccccc1)c1ccc2cc(C(O)c3ccccc3)ccc2c1. The zero-order valence-electron chi connectivity index (χ0n) is 14.3. The minimum Gasteiger partial charge on any atom is -0.384 e. The lowest BCUT2D eigenvalue weighted by Crippen LogP contribution is -2.00. The summed E-state index contributed by atoms with van der Waals surface area (Å²) in [6.45, 7) is 0. The Morgan fingerprint density at radius 3 is 1.19 bits per heavy atom. The molecule has 4 rings (SSSR count). The minimum atomic E-state index is -0.643. The van der Waals surface area contributed by atoms with Crippen LogP contribution in [-0.2, 0) is 0 Å². The number of hydrogen-bond donors (Lipinski definition) is 2. The predicted molar refractivity (Wildman–Crippen MR) is 105 cm³/mol. The Labute approximate surface area is 153 Å². The van der Waals surface area contributed by atoms with E-state index in [1.165, 1.54) is 0 Å². The van der Waals surface area contributed by atoms with Gasteiger partial charge >= 0.3 is 0 Å². The fraction of sp³-hybridized carbons (Fsp3) is 0.0833. The molecule has 2 atom stereocenters. The first-order valence-electron chi connectivity index (χ1n) is 8.72. The Hall–Kier alpha value is -2.94. The molecule has 0 fully saturated rings. The van der Waals surface area contributed by atoms with Crippen molar-refractivity contribution in [2.24, 2.45) is 0 Å². The lowest BCUT2D eigenvalue weighted by atomic mass is 9.95. The maximum atomic E-state index is 10.6. The predicted octanol–water partition coefficient (Wildman–Crippen LogP) is 5.00. The van der Waals surface area contributed by atoms with Crippen molar-refractivity contribution in [1.82, 2.24) is 0 Å². The average Bonchev–Trinajstić information content (AvgIpc) is 2.73. The van der Waals surface area contributed by atoms with Crippen molar-refractivity contribution in [3.63, 3.8) is 0 Å². The topological polar surface area (TPSA) is 40.5 Å². The third kappa shape index (κ3) is 3.25. The van der Waals surface area contributed by atoms with Crippen LogP contribution in [0.25, 0.3) is 10.8 Å². The number of rotatable bonds is 4. The fourth-order valence-corrected chi connectivity index (χ4v) is 3.28. The number of aliphatic hydroxyl groups is 2. The molecule has 0 heterocycles. The van der Waals surface area contributed by atoms with Crippen LogP contribution >= 0.6 is 0 Å². The smallest absolute Gasteiger partial charge is 0.104 e. The molecule has 0 aromatic heterocycles. The second kappa shape index (κ2) is 7.12. The van der Waals surface area contributed by atoms with Gasteiger partial charge in [-0.3, -0.25) is 0 Å². The van der Waals surface area contributed by atoms with Gasteiger partial charge in [0.05, 0.1) is 0 Å². The molecule has 0 aliphatic heterocycles. The van der Waals surface area contributed by atoms with E-state index in [2.05, 4.69) is 0 Å². The third-order valence-electron chi connectivity index (χ3n) is 4.75. The summed E-state index contributed by atoms with van der Waals surface area (Å²) < 4.78 is 0. The zero-order chi connectivity index (χ0) is 17.9. The third-order valence-corrected chi connectivity index (χ3v) is 4.75. The monoisotopic (exact) mass is 340 g/mol. The molecule has 4 aromatic rings. The summed E-state index contributed by atoms with van der Waals surface area (Å²) in [5.74, 6) is 0. The maximum Gasteiger partial charge on any atom is 0.104 e. The quantitative estimate of drug-likeness (QED) is 0.549. The second-order valence-corrected chi connectivity index (χ2v) is 6.49. The van der Waals surface area contributed by atoms with E-state index in [0.717, 1.165) is 33.0 Å². The molecule has 0 amide bonds. The van der Waals surface area contributed by atoms with Gasteiger partial charge in [-0.2, -0.15) is 0 Å². The summed E-state index contributed by atoms with van der Waals surface area (Å²) in [6.07, 6.45) is -1.29. The summed E-state index contributed by atoms with van der Waals surface area (Å²) in [6, 6.07) is 31.2. The van der Waals surface area contributed by atoms with Crippen molar-refractivity contribution in [2.75, 3.05) is 0 Å².